The highest BCUT2D eigenvalue weighted by Crippen LogP contribution is 2.20. The highest BCUT2D eigenvalue weighted by molar-refractivity contribution is 5.92. The number of carbonyl (C=O) groups excluding carboxylic acids is 1. The van der Waals surface area contributed by atoms with Crippen molar-refractivity contribution >= 4 is 5.91 Å². The van der Waals surface area contributed by atoms with Crippen LogP contribution in [0.15, 0.2) is 23.0 Å². The molecule has 98 valence electrons. The Balaban J connectivity index is 2.18. The lowest BCUT2D eigenvalue weighted by molar-refractivity contribution is 0.0598. The second kappa shape index (κ2) is 5.82. The second-order valence-corrected chi connectivity index (χ2v) is 4.65. The number of nitrogens with zero attached hydrogens (tertiary/aromatic N) is 1. The fraction of sp³-hybridized carbons (Fsp3) is 0.538. The van der Waals surface area contributed by atoms with Gasteiger partial charge in [0.15, 0.2) is 0 Å². The molecule has 1 atom stereocenters. The zero-order chi connectivity index (χ0) is 13.0. The molecule has 1 aliphatic rings. The van der Waals surface area contributed by atoms with E-state index >= 15 is 0 Å². The highest BCUT2D eigenvalue weighted by Gasteiger charge is 2.27. The number of pyridine rings is 1. The molecule has 1 aromatic rings. The molecule has 5 nitrogen and oxygen atoms in total. The number of hydrogen-bond acceptors (Lipinski definition) is 3. The van der Waals surface area contributed by atoms with Crippen molar-refractivity contribution in [3.63, 3.8) is 0 Å². The standard InChI is InChI=1S/C13H19N3O2/c14-8-7-10-4-1-2-9-16(10)13(18)11-5-3-6-12(17)15-11/h3,5-6,10H,1-2,4,7-9,14H2,(H,15,17). The van der Waals surface area contributed by atoms with E-state index in [0.29, 0.717) is 12.2 Å². The van der Waals surface area contributed by atoms with E-state index in [2.05, 4.69) is 4.98 Å². The summed E-state index contributed by atoms with van der Waals surface area (Å²) >= 11 is 0. The van der Waals surface area contributed by atoms with Crippen molar-refractivity contribution in [1.82, 2.24) is 9.88 Å². The van der Waals surface area contributed by atoms with Gasteiger partial charge in [-0.2, -0.15) is 0 Å². The van der Waals surface area contributed by atoms with Crippen molar-refractivity contribution < 1.29 is 4.79 Å². The zero-order valence-corrected chi connectivity index (χ0v) is 10.4. The first-order valence-electron chi connectivity index (χ1n) is 6.43. The molecule has 1 aliphatic heterocycles. The van der Waals surface area contributed by atoms with Crippen molar-refractivity contribution in [3.05, 3.63) is 34.2 Å². The van der Waals surface area contributed by atoms with Crippen LogP contribution in [0.25, 0.3) is 0 Å². The lowest BCUT2D eigenvalue weighted by atomic mass is 9.99. The molecule has 1 saturated heterocycles. The van der Waals surface area contributed by atoms with Crippen LogP contribution in [0.2, 0.25) is 0 Å². The van der Waals surface area contributed by atoms with E-state index in [9.17, 15) is 9.59 Å². The molecular weight excluding hydrogens is 230 g/mol. The van der Waals surface area contributed by atoms with Crippen LogP contribution in [-0.4, -0.2) is 34.9 Å². The van der Waals surface area contributed by atoms with Gasteiger partial charge in [-0.15, -0.1) is 0 Å². The SMILES string of the molecule is NCCC1CCCCN1C(=O)c1cccc(=O)[nH]1. The van der Waals surface area contributed by atoms with Gasteiger partial charge in [0, 0.05) is 18.7 Å². The summed E-state index contributed by atoms with van der Waals surface area (Å²) < 4.78 is 0. The summed E-state index contributed by atoms with van der Waals surface area (Å²) in [6.45, 7) is 1.33. The molecule has 0 bridgehead atoms. The summed E-state index contributed by atoms with van der Waals surface area (Å²) in [5.41, 5.74) is 5.71. The van der Waals surface area contributed by atoms with Crippen LogP contribution in [0.3, 0.4) is 0 Å². The number of rotatable bonds is 3. The van der Waals surface area contributed by atoms with E-state index in [4.69, 9.17) is 5.73 Å². The number of carbonyl (C=O) groups is 1. The van der Waals surface area contributed by atoms with E-state index in [1.54, 1.807) is 12.1 Å². The Hall–Kier alpha value is -1.62. The van der Waals surface area contributed by atoms with Crippen LogP contribution >= 0.6 is 0 Å². The first-order chi connectivity index (χ1) is 8.72. The third-order valence-corrected chi connectivity index (χ3v) is 3.39. The van der Waals surface area contributed by atoms with Gasteiger partial charge in [0.1, 0.15) is 5.69 Å². The molecule has 2 heterocycles. The summed E-state index contributed by atoms with van der Waals surface area (Å²) in [6.07, 6.45) is 3.98. The van der Waals surface area contributed by atoms with Crippen molar-refractivity contribution in [2.24, 2.45) is 5.73 Å². The van der Waals surface area contributed by atoms with Crippen LogP contribution in [-0.2, 0) is 0 Å². The van der Waals surface area contributed by atoms with Crippen LogP contribution in [0.1, 0.15) is 36.2 Å². The molecule has 18 heavy (non-hydrogen) atoms. The Labute approximate surface area is 106 Å². The molecule has 0 aromatic carbocycles. The van der Waals surface area contributed by atoms with Gasteiger partial charge in [0.25, 0.3) is 5.91 Å². The maximum Gasteiger partial charge on any atom is 0.270 e. The van der Waals surface area contributed by atoms with Crippen molar-refractivity contribution in [3.8, 4) is 0 Å². The Kier molecular flexibility index (Phi) is 4.15. The predicted octanol–water partition coefficient (Wildman–Crippen LogP) is 0.718. The number of amides is 1. The van der Waals surface area contributed by atoms with Gasteiger partial charge in [0.2, 0.25) is 5.56 Å². The minimum Gasteiger partial charge on any atom is -0.334 e. The van der Waals surface area contributed by atoms with Crippen molar-refractivity contribution in [2.45, 2.75) is 31.7 Å². The fourth-order valence-electron chi connectivity index (χ4n) is 2.49. The maximum absolute atomic E-state index is 12.4. The molecule has 3 N–H and O–H groups in total. The van der Waals surface area contributed by atoms with Gasteiger partial charge in [-0.05, 0) is 38.3 Å². The van der Waals surface area contributed by atoms with E-state index in [1.165, 1.54) is 6.07 Å². The molecule has 5 heteroatoms. The average Bonchev–Trinajstić information content (AvgIpc) is 2.39. The van der Waals surface area contributed by atoms with E-state index in [0.717, 1.165) is 32.2 Å². The molecule has 1 unspecified atom stereocenters. The number of likely N-dealkylation sites (tertiary alicyclic amines) is 1. The molecule has 2 rings (SSSR count). The minimum atomic E-state index is -0.242. The normalized spacial score (nSPS) is 19.8. The van der Waals surface area contributed by atoms with E-state index < -0.39 is 0 Å². The van der Waals surface area contributed by atoms with Crippen LogP contribution in [0.5, 0.6) is 0 Å². The van der Waals surface area contributed by atoms with Gasteiger partial charge in [-0.3, -0.25) is 9.59 Å². The smallest absolute Gasteiger partial charge is 0.270 e. The number of hydrogen-bond donors (Lipinski definition) is 2. The lowest BCUT2D eigenvalue weighted by Gasteiger charge is -2.35. The van der Waals surface area contributed by atoms with Crippen LogP contribution in [0, 0.1) is 0 Å². The Morgan fingerprint density at radius 3 is 3.00 bits per heavy atom. The third kappa shape index (κ3) is 2.79. The monoisotopic (exact) mass is 249 g/mol. The van der Waals surface area contributed by atoms with Gasteiger partial charge in [-0.25, -0.2) is 0 Å². The highest BCUT2D eigenvalue weighted by atomic mass is 16.2. The topological polar surface area (TPSA) is 79.2 Å². The number of nitrogens with one attached hydrogen (secondary N) is 1. The predicted molar refractivity (Wildman–Crippen MR) is 69.4 cm³/mol. The first-order valence-corrected chi connectivity index (χ1v) is 6.43. The third-order valence-electron chi connectivity index (χ3n) is 3.39. The van der Waals surface area contributed by atoms with Gasteiger partial charge in [-0.1, -0.05) is 6.07 Å². The van der Waals surface area contributed by atoms with Crippen molar-refractivity contribution in [1.29, 1.82) is 0 Å². The zero-order valence-electron chi connectivity index (χ0n) is 10.4. The molecule has 0 saturated carbocycles. The Bertz CT molecular complexity index is 467. The maximum atomic E-state index is 12.4. The second-order valence-electron chi connectivity index (χ2n) is 4.65. The lowest BCUT2D eigenvalue weighted by Crippen LogP contribution is -2.45. The van der Waals surface area contributed by atoms with Gasteiger partial charge >= 0.3 is 0 Å². The first kappa shape index (κ1) is 12.8. The molecule has 0 aliphatic carbocycles. The summed E-state index contributed by atoms with van der Waals surface area (Å²) in [5.74, 6) is -0.0918. The Morgan fingerprint density at radius 1 is 1.44 bits per heavy atom. The largest absolute Gasteiger partial charge is 0.334 e. The summed E-state index contributed by atoms with van der Waals surface area (Å²) in [7, 11) is 0. The number of aromatic nitrogens is 1. The summed E-state index contributed by atoms with van der Waals surface area (Å²) in [5, 5.41) is 0. The number of H-pyrrole nitrogens is 1. The number of aromatic amines is 1. The molecule has 1 amide bonds. The molecular formula is C13H19N3O2. The van der Waals surface area contributed by atoms with Gasteiger partial charge < -0.3 is 15.6 Å². The van der Waals surface area contributed by atoms with Gasteiger partial charge in [0.05, 0.1) is 0 Å². The van der Waals surface area contributed by atoms with Crippen molar-refractivity contribution in [2.75, 3.05) is 13.1 Å². The van der Waals surface area contributed by atoms with Crippen LogP contribution < -0.4 is 11.3 Å². The van der Waals surface area contributed by atoms with Crippen LogP contribution in [0.4, 0.5) is 0 Å². The average molecular weight is 249 g/mol. The summed E-state index contributed by atoms with van der Waals surface area (Å²) in [4.78, 5) is 28.0. The molecule has 1 aromatic heterocycles. The molecule has 0 radical (unpaired) electrons. The Morgan fingerprint density at radius 2 is 2.28 bits per heavy atom. The molecule has 0 spiro atoms. The van der Waals surface area contributed by atoms with E-state index in [-0.39, 0.29) is 17.5 Å². The fourth-order valence-corrected chi connectivity index (χ4v) is 2.49. The number of piperidine rings is 1. The quantitative estimate of drug-likeness (QED) is 0.828. The molecule has 1 fully saturated rings. The number of nitrogens with two attached hydrogens (primary N) is 1. The summed E-state index contributed by atoms with van der Waals surface area (Å²) in [6, 6.07) is 4.87. The van der Waals surface area contributed by atoms with E-state index in [1.807, 2.05) is 4.90 Å². The minimum absolute atomic E-state index is 0.0918.